The number of methoxy groups -OCH3 is 2. The molecular formula is C29H28N4O3S. The molecule has 0 aliphatic carbocycles. The Morgan fingerprint density at radius 2 is 1.73 bits per heavy atom. The smallest absolute Gasteiger partial charge is 0.337 e. The molecule has 7 nitrogen and oxygen atoms in total. The van der Waals surface area contributed by atoms with E-state index in [0.29, 0.717) is 10.7 Å². The largest absolute Gasteiger partial charge is 0.495 e. The van der Waals surface area contributed by atoms with Gasteiger partial charge in [0.05, 0.1) is 43.2 Å². The summed E-state index contributed by atoms with van der Waals surface area (Å²) in [6.07, 6.45) is 1.80. The first-order valence-corrected chi connectivity index (χ1v) is 12.4. The normalized spacial score (nSPS) is 17.0. The third-order valence-corrected chi connectivity index (χ3v) is 7.09. The molecule has 1 fully saturated rings. The summed E-state index contributed by atoms with van der Waals surface area (Å²) in [6.45, 7) is 4.18. The lowest BCUT2D eigenvalue weighted by Crippen LogP contribution is -2.30. The van der Waals surface area contributed by atoms with E-state index in [1.807, 2.05) is 54.6 Å². The Bertz CT molecular complexity index is 1450. The minimum absolute atomic E-state index is 0.172. The van der Waals surface area contributed by atoms with Crippen LogP contribution in [0.4, 0.5) is 5.69 Å². The van der Waals surface area contributed by atoms with Crippen LogP contribution in [0.3, 0.4) is 0 Å². The van der Waals surface area contributed by atoms with Gasteiger partial charge < -0.3 is 24.3 Å². The van der Waals surface area contributed by atoms with E-state index in [-0.39, 0.29) is 18.1 Å². The van der Waals surface area contributed by atoms with Crippen LogP contribution in [-0.4, -0.2) is 34.9 Å². The van der Waals surface area contributed by atoms with Gasteiger partial charge in [-0.05, 0) is 86.2 Å². The fraction of sp³-hybridized carbons (Fsp3) is 0.207. The summed E-state index contributed by atoms with van der Waals surface area (Å²) in [7, 11) is 3.05. The summed E-state index contributed by atoms with van der Waals surface area (Å²) in [4.78, 5) is 18.7. The number of carbonyl (C=O) groups excluding carboxylic acids is 1. The highest BCUT2D eigenvalue weighted by atomic mass is 32.1. The van der Waals surface area contributed by atoms with Gasteiger partial charge in [0, 0.05) is 23.3 Å². The number of para-hydroxylation sites is 2. The van der Waals surface area contributed by atoms with Gasteiger partial charge >= 0.3 is 5.97 Å². The van der Waals surface area contributed by atoms with Crippen LogP contribution in [0.2, 0.25) is 0 Å². The zero-order chi connectivity index (χ0) is 26.1. The molecule has 1 aliphatic heterocycles. The van der Waals surface area contributed by atoms with Gasteiger partial charge in [-0.15, -0.1) is 0 Å². The van der Waals surface area contributed by atoms with Crippen molar-refractivity contribution in [2.24, 2.45) is 0 Å². The second-order valence-electron chi connectivity index (χ2n) is 8.87. The summed E-state index contributed by atoms with van der Waals surface area (Å²) in [5.41, 5.74) is 6.51. The quantitative estimate of drug-likeness (QED) is 0.272. The van der Waals surface area contributed by atoms with Crippen molar-refractivity contribution in [2.45, 2.75) is 25.9 Å². The van der Waals surface area contributed by atoms with Crippen LogP contribution < -0.4 is 15.0 Å². The first kappa shape index (κ1) is 24.5. The number of hydrogen-bond donors (Lipinski definition) is 1. The average Bonchev–Trinajstić information content (AvgIpc) is 3.43. The van der Waals surface area contributed by atoms with Gasteiger partial charge in [0.15, 0.2) is 5.11 Å². The number of benzene rings is 2. The SMILES string of the molecule is COC(=O)c1ccc(-n2c(C)cc([C@H]3[C@H](c4ccccn4)NC(=S)N3c3ccccc3OC)c2C)cc1. The number of carbonyl (C=O) groups is 1. The van der Waals surface area contributed by atoms with Gasteiger partial charge in [0.2, 0.25) is 0 Å². The zero-order valence-corrected chi connectivity index (χ0v) is 22.0. The lowest BCUT2D eigenvalue weighted by atomic mass is 9.96. The van der Waals surface area contributed by atoms with Crippen molar-refractivity contribution in [3.05, 3.63) is 107 Å². The molecule has 1 saturated heterocycles. The highest BCUT2D eigenvalue weighted by Crippen LogP contribution is 2.46. The molecule has 2 aromatic heterocycles. The van der Waals surface area contributed by atoms with Crippen molar-refractivity contribution < 1.29 is 14.3 Å². The first-order chi connectivity index (χ1) is 17.9. The van der Waals surface area contributed by atoms with Gasteiger partial charge in [-0.1, -0.05) is 18.2 Å². The maximum atomic E-state index is 11.9. The Hall–Kier alpha value is -4.17. The molecule has 0 saturated carbocycles. The summed E-state index contributed by atoms with van der Waals surface area (Å²) in [5.74, 6) is 0.384. The van der Waals surface area contributed by atoms with Gasteiger partial charge in [-0.25, -0.2) is 4.79 Å². The van der Waals surface area contributed by atoms with Crippen LogP contribution in [0, 0.1) is 13.8 Å². The van der Waals surface area contributed by atoms with Crippen LogP contribution in [0.25, 0.3) is 5.69 Å². The second-order valence-corrected chi connectivity index (χ2v) is 9.26. The lowest BCUT2D eigenvalue weighted by molar-refractivity contribution is 0.0600. The molecule has 0 radical (unpaired) electrons. The fourth-order valence-electron chi connectivity index (χ4n) is 5.11. The molecule has 8 heteroatoms. The summed E-state index contributed by atoms with van der Waals surface area (Å²) < 4.78 is 12.8. The first-order valence-electron chi connectivity index (χ1n) is 12.0. The maximum Gasteiger partial charge on any atom is 0.337 e. The Morgan fingerprint density at radius 1 is 1.00 bits per heavy atom. The van der Waals surface area contributed by atoms with Crippen molar-refractivity contribution in [3.63, 3.8) is 0 Å². The molecule has 2 atom stereocenters. The van der Waals surface area contributed by atoms with Crippen molar-refractivity contribution in [1.82, 2.24) is 14.9 Å². The third-order valence-electron chi connectivity index (χ3n) is 6.78. The van der Waals surface area contributed by atoms with Crippen molar-refractivity contribution in [1.29, 1.82) is 0 Å². The number of hydrogen-bond acceptors (Lipinski definition) is 5. The van der Waals surface area contributed by atoms with Crippen molar-refractivity contribution >= 4 is 29.0 Å². The van der Waals surface area contributed by atoms with Crippen LogP contribution in [-0.2, 0) is 4.74 Å². The number of ether oxygens (including phenoxy) is 2. The van der Waals surface area contributed by atoms with E-state index in [1.54, 1.807) is 25.4 Å². The van der Waals surface area contributed by atoms with E-state index in [4.69, 9.17) is 21.7 Å². The van der Waals surface area contributed by atoms with Crippen molar-refractivity contribution in [3.8, 4) is 11.4 Å². The molecule has 1 N–H and O–H groups in total. The number of pyridine rings is 1. The molecule has 0 amide bonds. The third kappa shape index (κ3) is 4.34. The fourth-order valence-corrected chi connectivity index (χ4v) is 5.45. The highest BCUT2D eigenvalue weighted by molar-refractivity contribution is 7.80. The molecule has 188 valence electrons. The van der Waals surface area contributed by atoms with Crippen molar-refractivity contribution in [2.75, 3.05) is 19.1 Å². The number of aromatic nitrogens is 2. The van der Waals surface area contributed by atoms with Gasteiger partial charge in [0.1, 0.15) is 5.75 Å². The minimum Gasteiger partial charge on any atom is -0.495 e. The Labute approximate surface area is 221 Å². The van der Waals surface area contributed by atoms with E-state index >= 15 is 0 Å². The number of esters is 1. The second kappa shape index (κ2) is 10.1. The molecule has 0 bridgehead atoms. The number of anilines is 1. The highest BCUT2D eigenvalue weighted by Gasteiger charge is 2.43. The van der Waals surface area contributed by atoms with E-state index in [9.17, 15) is 4.79 Å². The van der Waals surface area contributed by atoms with Crippen LogP contribution in [0.15, 0.2) is 79.0 Å². The molecule has 4 aromatic rings. The average molecular weight is 513 g/mol. The van der Waals surface area contributed by atoms with Crippen LogP contribution in [0.5, 0.6) is 5.75 Å². The molecule has 1 aliphatic rings. The number of nitrogens with zero attached hydrogens (tertiary/aromatic N) is 3. The molecule has 3 heterocycles. The van der Waals surface area contributed by atoms with E-state index < -0.39 is 0 Å². The summed E-state index contributed by atoms with van der Waals surface area (Å²) in [5, 5.41) is 4.13. The van der Waals surface area contributed by atoms with E-state index in [0.717, 1.165) is 39.8 Å². The molecule has 2 aromatic carbocycles. The zero-order valence-electron chi connectivity index (χ0n) is 21.1. The summed E-state index contributed by atoms with van der Waals surface area (Å²) >= 11 is 5.89. The number of aryl methyl sites for hydroxylation is 1. The van der Waals surface area contributed by atoms with Crippen LogP contribution >= 0.6 is 12.2 Å². The predicted octanol–water partition coefficient (Wildman–Crippen LogP) is 5.46. The van der Waals surface area contributed by atoms with Gasteiger partial charge in [-0.3, -0.25) is 4.98 Å². The standard InChI is InChI=1S/C29H28N4O3S/c1-18-17-22(19(2)32(18)21-14-12-20(13-15-21)28(34)36-4)27-26(23-9-7-8-16-30-23)31-29(37)33(27)24-10-5-6-11-25(24)35-3/h5-17,26-27H,1-4H3,(H,31,37)/t26-,27-/m0/s1. The van der Waals surface area contributed by atoms with E-state index in [1.165, 1.54) is 7.11 Å². The van der Waals surface area contributed by atoms with E-state index in [2.05, 4.69) is 39.7 Å². The Kier molecular flexibility index (Phi) is 6.67. The molecule has 5 rings (SSSR count). The molecule has 37 heavy (non-hydrogen) atoms. The number of nitrogens with one attached hydrogen (secondary N) is 1. The predicted molar refractivity (Wildman–Crippen MR) is 148 cm³/mol. The number of rotatable bonds is 6. The Balaban J connectivity index is 1.65. The molecule has 0 unspecified atom stereocenters. The van der Waals surface area contributed by atoms with Gasteiger partial charge in [0.25, 0.3) is 0 Å². The monoisotopic (exact) mass is 512 g/mol. The minimum atomic E-state index is -0.357. The topological polar surface area (TPSA) is 68.6 Å². The molecule has 0 spiro atoms. The lowest BCUT2D eigenvalue weighted by Gasteiger charge is -2.29. The molecular weight excluding hydrogens is 484 g/mol. The Morgan fingerprint density at radius 3 is 2.41 bits per heavy atom. The van der Waals surface area contributed by atoms with Crippen LogP contribution in [0.1, 0.15) is 45.1 Å². The summed E-state index contributed by atoms with van der Waals surface area (Å²) in [6, 6.07) is 23.1. The maximum absolute atomic E-state index is 11.9. The van der Waals surface area contributed by atoms with Gasteiger partial charge in [-0.2, -0.15) is 0 Å². The number of thiocarbonyl (C=S) groups is 1.